The van der Waals surface area contributed by atoms with E-state index in [1.807, 2.05) is 0 Å². The lowest BCUT2D eigenvalue weighted by molar-refractivity contribution is -0.122. The first-order chi connectivity index (χ1) is 8.65. The number of aromatic amines is 1. The van der Waals surface area contributed by atoms with Crippen LogP contribution in [0.3, 0.4) is 0 Å². The van der Waals surface area contributed by atoms with Crippen molar-refractivity contribution < 1.29 is 9.53 Å². The smallest absolute Gasteiger partial charge is 0.267 e. The molecule has 1 atom stereocenters. The van der Waals surface area contributed by atoms with Crippen molar-refractivity contribution in [2.75, 3.05) is 5.32 Å². The zero-order valence-electron chi connectivity index (χ0n) is 9.68. The summed E-state index contributed by atoms with van der Waals surface area (Å²) in [6, 6.07) is 6.82. The molecule has 6 heteroatoms. The van der Waals surface area contributed by atoms with Crippen LogP contribution in [-0.4, -0.2) is 22.0 Å². The SMILES string of the molecule is CC(Oc1ccc(Cl)cc1)C(=O)Nc1ncc[nH]1. The lowest BCUT2D eigenvalue weighted by atomic mass is 10.3. The number of carbonyl (C=O) groups excluding carboxylic acids is 1. The zero-order valence-corrected chi connectivity index (χ0v) is 10.4. The summed E-state index contributed by atoms with van der Waals surface area (Å²) in [4.78, 5) is 18.4. The molecule has 94 valence electrons. The van der Waals surface area contributed by atoms with E-state index < -0.39 is 6.10 Å². The fraction of sp³-hybridized carbons (Fsp3) is 0.167. The van der Waals surface area contributed by atoms with Gasteiger partial charge in [-0.3, -0.25) is 10.1 Å². The Balaban J connectivity index is 1.93. The molecule has 1 aromatic heterocycles. The summed E-state index contributed by atoms with van der Waals surface area (Å²) >= 11 is 5.76. The van der Waals surface area contributed by atoms with Crippen LogP contribution in [0.25, 0.3) is 0 Å². The number of benzene rings is 1. The third-order valence-electron chi connectivity index (χ3n) is 2.24. The van der Waals surface area contributed by atoms with E-state index in [1.54, 1.807) is 43.6 Å². The summed E-state index contributed by atoms with van der Waals surface area (Å²) in [7, 11) is 0. The number of ether oxygens (including phenoxy) is 1. The molecule has 0 fully saturated rings. The van der Waals surface area contributed by atoms with E-state index in [2.05, 4.69) is 15.3 Å². The average Bonchev–Trinajstić information content (AvgIpc) is 2.85. The van der Waals surface area contributed by atoms with Crippen LogP contribution in [0.4, 0.5) is 5.95 Å². The molecule has 5 nitrogen and oxygen atoms in total. The van der Waals surface area contributed by atoms with Crippen molar-refractivity contribution in [3.63, 3.8) is 0 Å². The minimum Gasteiger partial charge on any atom is -0.481 e. The number of hydrogen-bond acceptors (Lipinski definition) is 3. The Morgan fingerprint density at radius 3 is 2.78 bits per heavy atom. The Hall–Kier alpha value is -2.01. The van der Waals surface area contributed by atoms with Gasteiger partial charge in [-0.05, 0) is 31.2 Å². The molecule has 0 radical (unpaired) electrons. The van der Waals surface area contributed by atoms with E-state index in [4.69, 9.17) is 16.3 Å². The van der Waals surface area contributed by atoms with Crippen LogP contribution in [0.2, 0.25) is 5.02 Å². The number of carbonyl (C=O) groups is 1. The molecule has 1 amide bonds. The van der Waals surface area contributed by atoms with E-state index >= 15 is 0 Å². The third-order valence-corrected chi connectivity index (χ3v) is 2.49. The molecule has 18 heavy (non-hydrogen) atoms. The number of nitrogens with one attached hydrogen (secondary N) is 2. The van der Waals surface area contributed by atoms with Crippen LogP contribution >= 0.6 is 11.6 Å². The Morgan fingerprint density at radius 1 is 1.44 bits per heavy atom. The second-order valence-electron chi connectivity index (χ2n) is 3.64. The Kier molecular flexibility index (Phi) is 3.84. The normalized spacial score (nSPS) is 11.9. The number of nitrogens with zero attached hydrogens (tertiary/aromatic N) is 1. The molecule has 0 saturated carbocycles. The van der Waals surface area contributed by atoms with Gasteiger partial charge in [-0.25, -0.2) is 4.98 Å². The van der Waals surface area contributed by atoms with Gasteiger partial charge in [0.05, 0.1) is 0 Å². The predicted molar refractivity (Wildman–Crippen MR) is 68.8 cm³/mol. The first-order valence-corrected chi connectivity index (χ1v) is 5.75. The van der Waals surface area contributed by atoms with Gasteiger partial charge in [0, 0.05) is 17.4 Å². The summed E-state index contributed by atoms with van der Waals surface area (Å²) in [5.74, 6) is 0.702. The number of aromatic nitrogens is 2. The van der Waals surface area contributed by atoms with Crippen LogP contribution in [0, 0.1) is 0 Å². The van der Waals surface area contributed by atoms with Crippen molar-refractivity contribution in [1.82, 2.24) is 9.97 Å². The van der Waals surface area contributed by atoms with Gasteiger partial charge in [-0.2, -0.15) is 0 Å². The second kappa shape index (κ2) is 5.55. The Bertz CT molecular complexity index is 511. The molecular formula is C12H12ClN3O2. The number of H-pyrrole nitrogens is 1. The van der Waals surface area contributed by atoms with Crippen LogP contribution in [0.5, 0.6) is 5.75 Å². The number of hydrogen-bond donors (Lipinski definition) is 2. The molecule has 0 saturated heterocycles. The van der Waals surface area contributed by atoms with Gasteiger partial charge >= 0.3 is 0 Å². The molecule has 1 aromatic carbocycles. The Labute approximate surface area is 109 Å². The summed E-state index contributed by atoms with van der Waals surface area (Å²) in [6.45, 7) is 1.66. The second-order valence-corrected chi connectivity index (χ2v) is 4.08. The van der Waals surface area contributed by atoms with E-state index in [1.165, 1.54) is 0 Å². The van der Waals surface area contributed by atoms with E-state index in [9.17, 15) is 4.79 Å². The Morgan fingerprint density at radius 2 is 2.17 bits per heavy atom. The largest absolute Gasteiger partial charge is 0.481 e. The molecule has 2 N–H and O–H groups in total. The third kappa shape index (κ3) is 3.24. The van der Waals surface area contributed by atoms with Gasteiger partial charge in [0.1, 0.15) is 5.75 Å². The topological polar surface area (TPSA) is 67.0 Å². The minimum atomic E-state index is -0.628. The highest BCUT2D eigenvalue weighted by Crippen LogP contribution is 2.17. The summed E-state index contributed by atoms with van der Waals surface area (Å²) in [5.41, 5.74) is 0. The minimum absolute atomic E-state index is 0.278. The number of amides is 1. The van der Waals surface area contributed by atoms with E-state index in [-0.39, 0.29) is 5.91 Å². The lowest BCUT2D eigenvalue weighted by Gasteiger charge is -2.13. The van der Waals surface area contributed by atoms with Gasteiger partial charge < -0.3 is 9.72 Å². The first-order valence-electron chi connectivity index (χ1n) is 5.37. The predicted octanol–water partition coefficient (Wildman–Crippen LogP) is 2.47. The summed E-state index contributed by atoms with van der Waals surface area (Å²) < 4.78 is 5.47. The first kappa shape index (κ1) is 12.4. The van der Waals surface area contributed by atoms with Crippen molar-refractivity contribution in [3.05, 3.63) is 41.7 Å². The molecule has 0 aliphatic rings. The molecule has 0 spiro atoms. The molecule has 0 aliphatic heterocycles. The highest BCUT2D eigenvalue weighted by atomic mass is 35.5. The molecule has 0 bridgehead atoms. The van der Waals surface area contributed by atoms with Crippen LogP contribution in [0.1, 0.15) is 6.92 Å². The van der Waals surface area contributed by atoms with Gasteiger partial charge in [0.15, 0.2) is 6.10 Å². The summed E-state index contributed by atoms with van der Waals surface area (Å²) in [6.07, 6.45) is 2.55. The van der Waals surface area contributed by atoms with Gasteiger partial charge in [0.25, 0.3) is 5.91 Å². The fourth-order valence-electron chi connectivity index (χ4n) is 1.32. The van der Waals surface area contributed by atoms with Crippen molar-refractivity contribution >= 4 is 23.5 Å². The molecule has 1 unspecified atom stereocenters. The maximum Gasteiger partial charge on any atom is 0.267 e. The quantitative estimate of drug-likeness (QED) is 0.892. The molecular weight excluding hydrogens is 254 g/mol. The van der Waals surface area contributed by atoms with Crippen molar-refractivity contribution in [2.24, 2.45) is 0 Å². The zero-order chi connectivity index (χ0) is 13.0. The van der Waals surface area contributed by atoms with Crippen molar-refractivity contribution in [2.45, 2.75) is 13.0 Å². The van der Waals surface area contributed by atoms with Crippen molar-refractivity contribution in [3.8, 4) is 5.75 Å². The van der Waals surface area contributed by atoms with Crippen LogP contribution in [-0.2, 0) is 4.79 Å². The highest BCUT2D eigenvalue weighted by molar-refractivity contribution is 6.30. The number of anilines is 1. The standard InChI is InChI=1S/C12H12ClN3O2/c1-8(11(17)16-12-14-6-7-15-12)18-10-4-2-9(13)3-5-10/h2-8H,1H3,(H2,14,15,16,17). The van der Waals surface area contributed by atoms with Gasteiger partial charge in [-0.15, -0.1) is 0 Å². The average molecular weight is 266 g/mol. The lowest BCUT2D eigenvalue weighted by Crippen LogP contribution is -2.30. The van der Waals surface area contributed by atoms with Crippen LogP contribution < -0.4 is 10.1 Å². The van der Waals surface area contributed by atoms with E-state index in [0.717, 1.165) is 0 Å². The van der Waals surface area contributed by atoms with E-state index in [0.29, 0.717) is 16.7 Å². The van der Waals surface area contributed by atoms with Gasteiger partial charge in [-0.1, -0.05) is 11.6 Å². The molecule has 2 rings (SSSR count). The molecule has 2 aromatic rings. The molecule has 1 heterocycles. The maximum atomic E-state index is 11.8. The molecule has 0 aliphatic carbocycles. The van der Waals surface area contributed by atoms with Crippen molar-refractivity contribution in [1.29, 1.82) is 0 Å². The van der Waals surface area contributed by atoms with Gasteiger partial charge in [0.2, 0.25) is 5.95 Å². The monoisotopic (exact) mass is 265 g/mol. The highest BCUT2D eigenvalue weighted by Gasteiger charge is 2.15. The number of imidazole rings is 1. The number of rotatable bonds is 4. The van der Waals surface area contributed by atoms with Crippen LogP contribution in [0.15, 0.2) is 36.7 Å². The fourth-order valence-corrected chi connectivity index (χ4v) is 1.45. The summed E-state index contributed by atoms with van der Waals surface area (Å²) in [5, 5.41) is 3.22. The maximum absolute atomic E-state index is 11.8. The number of halogens is 1.